The molecule has 30 heavy (non-hydrogen) atoms. The number of ether oxygens (including phenoxy) is 1. The minimum absolute atomic E-state index is 0.128. The molecule has 0 saturated carbocycles. The van der Waals surface area contributed by atoms with Crippen molar-refractivity contribution in [1.29, 1.82) is 0 Å². The zero-order chi connectivity index (χ0) is 22.1. The van der Waals surface area contributed by atoms with Gasteiger partial charge in [-0.2, -0.15) is 0 Å². The molecule has 0 unspecified atom stereocenters. The Kier molecular flexibility index (Phi) is 6.12. The van der Waals surface area contributed by atoms with Crippen molar-refractivity contribution in [3.63, 3.8) is 0 Å². The van der Waals surface area contributed by atoms with Gasteiger partial charge in [0, 0.05) is 18.4 Å². The SMILES string of the molecule is Cc1cccc(C(C)C)c1NC(=O)[C@@H](C)OC(=O)C1=CN2CCS(=O)(=O)N=C2C=C1. The van der Waals surface area contributed by atoms with Gasteiger partial charge in [-0.3, -0.25) is 4.79 Å². The van der Waals surface area contributed by atoms with Crippen LogP contribution in [0.5, 0.6) is 0 Å². The fraction of sp³-hybridized carbons (Fsp3) is 0.381. The quantitative estimate of drug-likeness (QED) is 0.718. The zero-order valence-corrected chi connectivity index (χ0v) is 18.2. The highest BCUT2D eigenvalue weighted by Gasteiger charge is 2.27. The van der Waals surface area contributed by atoms with Crippen molar-refractivity contribution in [3.8, 4) is 0 Å². The van der Waals surface area contributed by atoms with Gasteiger partial charge in [-0.1, -0.05) is 32.0 Å². The summed E-state index contributed by atoms with van der Waals surface area (Å²) in [6.45, 7) is 7.70. The minimum Gasteiger partial charge on any atom is -0.449 e. The highest BCUT2D eigenvalue weighted by molar-refractivity contribution is 7.90. The number of benzene rings is 1. The monoisotopic (exact) mass is 431 g/mol. The van der Waals surface area contributed by atoms with Crippen molar-refractivity contribution >= 4 is 33.4 Å². The van der Waals surface area contributed by atoms with Crippen LogP contribution in [0.1, 0.15) is 37.8 Å². The number of amidine groups is 1. The Hall–Kier alpha value is -2.94. The molecular weight excluding hydrogens is 406 g/mol. The Labute approximate surface area is 176 Å². The number of carbonyl (C=O) groups is 2. The number of rotatable bonds is 5. The van der Waals surface area contributed by atoms with Gasteiger partial charge in [0.05, 0.1) is 11.3 Å². The van der Waals surface area contributed by atoms with Crippen molar-refractivity contribution in [2.45, 2.75) is 39.7 Å². The van der Waals surface area contributed by atoms with E-state index in [0.29, 0.717) is 0 Å². The number of nitrogens with zero attached hydrogens (tertiary/aromatic N) is 2. The lowest BCUT2D eigenvalue weighted by Crippen LogP contribution is -2.37. The molecule has 1 aromatic rings. The third kappa shape index (κ3) is 4.79. The molecule has 2 aliphatic rings. The first-order chi connectivity index (χ1) is 14.1. The summed E-state index contributed by atoms with van der Waals surface area (Å²) in [4.78, 5) is 26.7. The van der Waals surface area contributed by atoms with Crippen LogP contribution in [0.25, 0.3) is 0 Å². The molecular formula is C21H25N3O5S. The van der Waals surface area contributed by atoms with Crippen LogP contribution in [0.15, 0.2) is 46.5 Å². The number of para-hydroxylation sites is 1. The number of fused-ring (bicyclic) bond motifs is 1. The Morgan fingerprint density at radius 2 is 1.93 bits per heavy atom. The first-order valence-corrected chi connectivity index (χ1v) is 11.3. The fourth-order valence-corrected chi connectivity index (χ4v) is 4.14. The lowest BCUT2D eigenvalue weighted by atomic mass is 9.98. The van der Waals surface area contributed by atoms with Gasteiger partial charge >= 0.3 is 5.97 Å². The van der Waals surface area contributed by atoms with E-state index in [1.807, 2.05) is 39.0 Å². The topological polar surface area (TPSA) is 105 Å². The molecule has 0 aromatic heterocycles. The molecule has 9 heteroatoms. The van der Waals surface area contributed by atoms with E-state index in [1.54, 1.807) is 4.90 Å². The lowest BCUT2D eigenvalue weighted by Gasteiger charge is -2.27. The fourth-order valence-electron chi connectivity index (χ4n) is 3.17. The molecule has 0 saturated heterocycles. The Morgan fingerprint density at radius 1 is 1.20 bits per heavy atom. The molecule has 8 nitrogen and oxygen atoms in total. The average Bonchev–Trinajstić information content (AvgIpc) is 2.68. The van der Waals surface area contributed by atoms with Crippen LogP contribution in [-0.4, -0.2) is 49.4 Å². The first kappa shape index (κ1) is 21.8. The Morgan fingerprint density at radius 3 is 2.63 bits per heavy atom. The Bertz CT molecular complexity index is 1070. The highest BCUT2D eigenvalue weighted by Crippen LogP contribution is 2.27. The molecule has 0 bridgehead atoms. The zero-order valence-electron chi connectivity index (χ0n) is 17.4. The number of hydrogen-bond acceptors (Lipinski definition) is 6. The maximum Gasteiger partial charge on any atom is 0.340 e. The third-order valence-electron chi connectivity index (χ3n) is 4.89. The summed E-state index contributed by atoms with van der Waals surface area (Å²) in [6, 6.07) is 5.81. The largest absolute Gasteiger partial charge is 0.449 e. The molecule has 0 fully saturated rings. The number of carbonyl (C=O) groups excluding carboxylic acids is 2. The molecule has 2 aliphatic heterocycles. The molecule has 0 aliphatic carbocycles. The molecule has 2 heterocycles. The third-order valence-corrected chi connectivity index (χ3v) is 6.05. The van der Waals surface area contributed by atoms with E-state index < -0.39 is 28.0 Å². The van der Waals surface area contributed by atoms with Gasteiger partial charge in [-0.15, -0.1) is 4.40 Å². The van der Waals surface area contributed by atoms with Crippen LogP contribution in [0.3, 0.4) is 0 Å². The van der Waals surface area contributed by atoms with Crippen molar-refractivity contribution < 1.29 is 22.7 Å². The second-order valence-electron chi connectivity index (χ2n) is 7.58. The van der Waals surface area contributed by atoms with Crippen molar-refractivity contribution in [3.05, 3.63) is 53.3 Å². The summed E-state index contributed by atoms with van der Waals surface area (Å²) in [5, 5.41) is 2.87. The second-order valence-corrected chi connectivity index (χ2v) is 9.33. The van der Waals surface area contributed by atoms with Crippen LogP contribution in [0.2, 0.25) is 0 Å². The van der Waals surface area contributed by atoms with Crippen LogP contribution in [0.4, 0.5) is 5.69 Å². The number of nitrogens with one attached hydrogen (secondary N) is 1. The number of aryl methyl sites for hydroxylation is 1. The minimum atomic E-state index is -3.47. The van der Waals surface area contributed by atoms with E-state index in [0.717, 1.165) is 16.8 Å². The number of anilines is 1. The molecule has 3 rings (SSSR count). The number of hydrogen-bond donors (Lipinski definition) is 1. The summed E-state index contributed by atoms with van der Waals surface area (Å²) < 4.78 is 32.1. The normalized spacial score (nSPS) is 18.2. The van der Waals surface area contributed by atoms with Gasteiger partial charge in [0.2, 0.25) is 0 Å². The van der Waals surface area contributed by atoms with E-state index in [1.165, 1.54) is 25.3 Å². The lowest BCUT2D eigenvalue weighted by molar-refractivity contribution is -0.149. The van der Waals surface area contributed by atoms with Gasteiger partial charge in [-0.05, 0) is 43.0 Å². The molecule has 0 spiro atoms. The number of amides is 1. The van der Waals surface area contributed by atoms with Crippen molar-refractivity contribution in [2.75, 3.05) is 17.6 Å². The van der Waals surface area contributed by atoms with Crippen molar-refractivity contribution in [2.24, 2.45) is 4.40 Å². The van der Waals surface area contributed by atoms with E-state index in [2.05, 4.69) is 9.71 Å². The molecule has 1 aromatic carbocycles. The smallest absolute Gasteiger partial charge is 0.340 e. The van der Waals surface area contributed by atoms with Crippen LogP contribution in [0, 0.1) is 6.92 Å². The van der Waals surface area contributed by atoms with Gasteiger partial charge in [-0.25, -0.2) is 13.2 Å². The maximum atomic E-state index is 12.6. The summed E-state index contributed by atoms with van der Waals surface area (Å²) in [5.41, 5.74) is 2.88. The van der Waals surface area contributed by atoms with Gasteiger partial charge in [0.15, 0.2) is 6.10 Å². The van der Waals surface area contributed by atoms with Crippen LogP contribution in [-0.2, 0) is 24.3 Å². The summed E-state index contributed by atoms with van der Waals surface area (Å²) >= 11 is 0. The number of sulfonamides is 1. The molecule has 1 N–H and O–H groups in total. The maximum absolute atomic E-state index is 12.6. The summed E-state index contributed by atoms with van der Waals surface area (Å²) in [5.74, 6) is -0.748. The average molecular weight is 432 g/mol. The van der Waals surface area contributed by atoms with Crippen molar-refractivity contribution in [1.82, 2.24) is 4.90 Å². The van der Waals surface area contributed by atoms with Gasteiger partial charge in [0.1, 0.15) is 5.84 Å². The Balaban J connectivity index is 1.68. The molecule has 1 atom stereocenters. The summed E-state index contributed by atoms with van der Waals surface area (Å²) in [6.07, 6.45) is 3.35. The predicted molar refractivity (Wildman–Crippen MR) is 115 cm³/mol. The first-order valence-electron chi connectivity index (χ1n) is 9.68. The van der Waals surface area contributed by atoms with Gasteiger partial charge in [0.25, 0.3) is 15.9 Å². The van der Waals surface area contributed by atoms with E-state index >= 15 is 0 Å². The number of esters is 1. The molecule has 1 amide bonds. The molecule has 0 radical (unpaired) electrons. The van der Waals surface area contributed by atoms with Crippen LogP contribution < -0.4 is 5.32 Å². The van der Waals surface area contributed by atoms with E-state index in [9.17, 15) is 18.0 Å². The van der Waals surface area contributed by atoms with E-state index in [-0.39, 0.29) is 29.6 Å². The highest BCUT2D eigenvalue weighted by atomic mass is 32.2. The molecule has 160 valence electrons. The van der Waals surface area contributed by atoms with Crippen LogP contribution >= 0.6 is 0 Å². The predicted octanol–water partition coefficient (Wildman–Crippen LogP) is 2.49. The van der Waals surface area contributed by atoms with E-state index in [4.69, 9.17) is 4.74 Å². The standard InChI is InChI=1S/C21H25N3O5S/c1-13(2)17-7-5-6-14(3)19(17)22-20(25)15(4)29-21(26)16-8-9-18-23-30(27,28)11-10-24(18)12-16/h5-9,12-13,15H,10-11H2,1-4H3,(H,22,25)/t15-/m1/s1. The van der Waals surface area contributed by atoms with Gasteiger partial charge < -0.3 is 15.0 Å². The second kappa shape index (κ2) is 8.43. The summed E-state index contributed by atoms with van der Waals surface area (Å²) in [7, 11) is -3.47.